The molecule has 0 aliphatic carbocycles. The molecule has 0 unspecified atom stereocenters. The summed E-state index contributed by atoms with van der Waals surface area (Å²) >= 11 is 6.00. The summed E-state index contributed by atoms with van der Waals surface area (Å²) in [4.78, 5) is 26.5. The first-order chi connectivity index (χ1) is 14.7. The Kier molecular flexibility index (Phi) is 7.54. The number of amides is 2. The molecule has 3 rings (SSSR count). The number of morpholine rings is 1. The molecule has 0 saturated carbocycles. The van der Waals surface area contributed by atoms with Crippen LogP contribution in [0.15, 0.2) is 36.4 Å². The van der Waals surface area contributed by atoms with Gasteiger partial charge in [-0.05, 0) is 55.8 Å². The molecule has 7 nitrogen and oxygen atoms in total. The maximum atomic E-state index is 13.1. The van der Waals surface area contributed by atoms with Crippen molar-refractivity contribution in [3.05, 3.63) is 58.1 Å². The van der Waals surface area contributed by atoms with Crippen LogP contribution in [0.1, 0.15) is 42.3 Å². The number of halogens is 1. The Morgan fingerprint density at radius 3 is 2.52 bits per heavy atom. The number of aromatic hydroxyl groups is 1. The lowest BCUT2D eigenvalue weighted by Crippen LogP contribution is -2.48. The van der Waals surface area contributed by atoms with Crippen LogP contribution in [0.3, 0.4) is 0 Å². The lowest BCUT2D eigenvalue weighted by molar-refractivity contribution is -0.114. The van der Waals surface area contributed by atoms with E-state index in [-0.39, 0.29) is 29.8 Å². The van der Waals surface area contributed by atoms with Crippen LogP contribution in [0.5, 0.6) is 5.75 Å². The van der Waals surface area contributed by atoms with Gasteiger partial charge in [0.05, 0.1) is 12.2 Å². The van der Waals surface area contributed by atoms with Gasteiger partial charge in [-0.1, -0.05) is 11.6 Å². The number of hydrogen-bond acceptors (Lipinski definition) is 5. The number of nitrogens with zero attached hydrogens (tertiary/aromatic N) is 1. The average molecular weight is 446 g/mol. The molecule has 8 heteroatoms. The van der Waals surface area contributed by atoms with Crippen LogP contribution in [0.4, 0.5) is 5.69 Å². The number of carbonyl (C=O) groups excluding carboxylic acids is 2. The van der Waals surface area contributed by atoms with Gasteiger partial charge in [-0.3, -0.25) is 9.59 Å². The predicted octanol–water partition coefficient (Wildman–Crippen LogP) is 3.54. The third-order valence-corrected chi connectivity index (χ3v) is 5.19. The van der Waals surface area contributed by atoms with Crippen molar-refractivity contribution in [2.45, 2.75) is 46.1 Å². The Morgan fingerprint density at radius 2 is 1.84 bits per heavy atom. The fourth-order valence-electron chi connectivity index (χ4n) is 3.76. The van der Waals surface area contributed by atoms with E-state index in [1.54, 1.807) is 29.2 Å². The van der Waals surface area contributed by atoms with Crippen LogP contribution < -0.4 is 10.6 Å². The van der Waals surface area contributed by atoms with Crippen LogP contribution in [0.25, 0.3) is 0 Å². The van der Waals surface area contributed by atoms with Crippen molar-refractivity contribution in [3.63, 3.8) is 0 Å². The summed E-state index contributed by atoms with van der Waals surface area (Å²) in [5, 5.41) is 16.5. The van der Waals surface area contributed by atoms with Crippen LogP contribution >= 0.6 is 11.6 Å². The van der Waals surface area contributed by atoms with E-state index in [0.717, 1.165) is 5.56 Å². The number of benzene rings is 2. The van der Waals surface area contributed by atoms with Gasteiger partial charge in [-0.2, -0.15) is 0 Å². The first-order valence-corrected chi connectivity index (χ1v) is 10.6. The van der Waals surface area contributed by atoms with Crippen molar-refractivity contribution in [1.29, 1.82) is 0 Å². The molecule has 2 aromatic rings. The first kappa shape index (κ1) is 23.1. The Hall–Kier alpha value is -2.61. The first-order valence-electron chi connectivity index (χ1n) is 10.3. The average Bonchev–Trinajstić information content (AvgIpc) is 2.68. The topological polar surface area (TPSA) is 90.9 Å². The zero-order chi connectivity index (χ0) is 22.5. The molecule has 0 spiro atoms. The van der Waals surface area contributed by atoms with Crippen molar-refractivity contribution >= 4 is 29.1 Å². The predicted molar refractivity (Wildman–Crippen MR) is 120 cm³/mol. The molecule has 31 heavy (non-hydrogen) atoms. The molecular weight excluding hydrogens is 418 g/mol. The molecule has 0 aromatic heterocycles. The molecule has 2 amide bonds. The summed E-state index contributed by atoms with van der Waals surface area (Å²) in [6.45, 7) is 7.21. The second-order valence-electron chi connectivity index (χ2n) is 7.94. The number of phenolic OH excluding ortho intramolecular Hbond substituents is 1. The standard InChI is InChI=1S/C23H28ClN3O4/c1-14-12-27(13-15(2)31-14)23(30)18-6-17(7-21(9-18)26-16(3)28)10-25-11-19-8-20(24)4-5-22(19)29/h4-9,14-15,25,29H,10-13H2,1-3H3,(H,26,28)/t14-,15+. The minimum absolute atomic E-state index is 0.0299. The molecule has 166 valence electrons. The third-order valence-electron chi connectivity index (χ3n) is 4.95. The van der Waals surface area contributed by atoms with E-state index in [4.69, 9.17) is 16.3 Å². The summed E-state index contributed by atoms with van der Waals surface area (Å²) in [6, 6.07) is 10.2. The Balaban J connectivity index is 1.77. The van der Waals surface area contributed by atoms with Gasteiger partial charge in [0.25, 0.3) is 5.91 Å². The van der Waals surface area contributed by atoms with Gasteiger partial charge in [0, 0.05) is 54.9 Å². The van der Waals surface area contributed by atoms with Gasteiger partial charge in [0.15, 0.2) is 0 Å². The molecule has 0 bridgehead atoms. The normalized spacial score (nSPS) is 18.6. The monoisotopic (exact) mass is 445 g/mol. The fourth-order valence-corrected chi connectivity index (χ4v) is 3.95. The van der Waals surface area contributed by atoms with Gasteiger partial charge in [-0.15, -0.1) is 0 Å². The lowest BCUT2D eigenvalue weighted by atomic mass is 10.1. The second-order valence-corrected chi connectivity index (χ2v) is 8.38. The number of carbonyl (C=O) groups is 2. The number of phenols is 1. The Morgan fingerprint density at radius 1 is 1.13 bits per heavy atom. The zero-order valence-corrected chi connectivity index (χ0v) is 18.7. The highest BCUT2D eigenvalue weighted by atomic mass is 35.5. The van der Waals surface area contributed by atoms with Crippen molar-refractivity contribution in [1.82, 2.24) is 10.2 Å². The Labute approximate surface area is 187 Å². The quantitative estimate of drug-likeness (QED) is 0.632. The van der Waals surface area contributed by atoms with Crippen LogP contribution in [-0.4, -0.2) is 47.1 Å². The van der Waals surface area contributed by atoms with Crippen LogP contribution in [0, 0.1) is 0 Å². The van der Waals surface area contributed by atoms with Gasteiger partial charge < -0.3 is 25.4 Å². The molecule has 0 radical (unpaired) electrons. The SMILES string of the molecule is CC(=O)Nc1cc(CNCc2cc(Cl)ccc2O)cc(C(=O)N2C[C@@H](C)O[C@@H](C)C2)c1. The zero-order valence-electron chi connectivity index (χ0n) is 17.9. The largest absolute Gasteiger partial charge is 0.508 e. The minimum Gasteiger partial charge on any atom is -0.508 e. The maximum absolute atomic E-state index is 13.1. The van der Waals surface area contributed by atoms with E-state index in [0.29, 0.717) is 48.0 Å². The lowest BCUT2D eigenvalue weighted by Gasteiger charge is -2.35. The minimum atomic E-state index is -0.207. The molecule has 1 aliphatic rings. The van der Waals surface area contributed by atoms with E-state index >= 15 is 0 Å². The molecule has 2 aromatic carbocycles. The highest BCUT2D eigenvalue weighted by Crippen LogP contribution is 2.22. The van der Waals surface area contributed by atoms with E-state index < -0.39 is 0 Å². The highest BCUT2D eigenvalue weighted by Gasteiger charge is 2.27. The summed E-state index contributed by atoms with van der Waals surface area (Å²) in [7, 11) is 0. The highest BCUT2D eigenvalue weighted by molar-refractivity contribution is 6.30. The van der Waals surface area contributed by atoms with Crippen molar-refractivity contribution in [2.24, 2.45) is 0 Å². The van der Waals surface area contributed by atoms with Gasteiger partial charge in [0.2, 0.25) is 5.91 Å². The third kappa shape index (κ3) is 6.43. The summed E-state index contributed by atoms with van der Waals surface area (Å²) in [5.41, 5.74) is 2.59. The smallest absolute Gasteiger partial charge is 0.254 e. The molecule has 1 fully saturated rings. The second kappa shape index (κ2) is 10.1. The fraction of sp³-hybridized carbons (Fsp3) is 0.391. The van der Waals surface area contributed by atoms with Crippen LogP contribution in [0.2, 0.25) is 5.02 Å². The number of hydrogen-bond donors (Lipinski definition) is 3. The summed E-state index contributed by atoms with van der Waals surface area (Å²) < 4.78 is 5.72. The maximum Gasteiger partial charge on any atom is 0.254 e. The molecule has 3 N–H and O–H groups in total. The summed E-state index contributed by atoms with van der Waals surface area (Å²) in [5.74, 6) is -0.140. The van der Waals surface area contributed by atoms with E-state index in [1.807, 2.05) is 26.0 Å². The van der Waals surface area contributed by atoms with Gasteiger partial charge in [-0.25, -0.2) is 0 Å². The van der Waals surface area contributed by atoms with E-state index in [2.05, 4.69) is 10.6 Å². The molecule has 1 heterocycles. The molecule has 1 aliphatic heterocycles. The van der Waals surface area contributed by atoms with Crippen molar-refractivity contribution < 1.29 is 19.4 Å². The molecule has 2 atom stereocenters. The Bertz CT molecular complexity index is 956. The van der Waals surface area contributed by atoms with Gasteiger partial charge >= 0.3 is 0 Å². The summed E-state index contributed by atoms with van der Waals surface area (Å²) in [6.07, 6.45) is -0.0597. The van der Waals surface area contributed by atoms with E-state index in [1.165, 1.54) is 6.92 Å². The van der Waals surface area contributed by atoms with Gasteiger partial charge in [0.1, 0.15) is 5.75 Å². The number of anilines is 1. The van der Waals surface area contributed by atoms with E-state index in [9.17, 15) is 14.7 Å². The van der Waals surface area contributed by atoms with Crippen molar-refractivity contribution in [3.8, 4) is 5.75 Å². The number of ether oxygens (including phenoxy) is 1. The number of nitrogens with one attached hydrogen (secondary N) is 2. The van der Waals surface area contributed by atoms with Crippen molar-refractivity contribution in [2.75, 3.05) is 18.4 Å². The number of rotatable bonds is 6. The van der Waals surface area contributed by atoms with Crippen LogP contribution in [-0.2, 0) is 22.6 Å². The molecule has 1 saturated heterocycles. The molecular formula is C23H28ClN3O4.